The summed E-state index contributed by atoms with van der Waals surface area (Å²) in [6, 6.07) is -0.813. The van der Waals surface area contributed by atoms with Crippen molar-refractivity contribution in [3.63, 3.8) is 0 Å². The Labute approximate surface area is 221 Å². The first-order valence-electron chi connectivity index (χ1n) is 15.0. The van der Waals surface area contributed by atoms with Gasteiger partial charge in [-0.2, -0.15) is 0 Å². The maximum atomic E-state index is 12.3. The molecule has 0 bridgehead atoms. The molecule has 8 heteroatoms. The highest BCUT2D eigenvalue weighted by atomic mass is 31.2. The van der Waals surface area contributed by atoms with Gasteiger partial charge in [-0.05, 0) is 12.8 Å². The molecular weight excluding hydrogens is 477 g/mol. The van der Waals surface area contributed by atoms with Gasteiger partial charge in [0.15, 0.2) is 0 Å². The number of phosphoric ester groups is 1. The van der Waals surface area contributed by atoms with Crippen LogP contribution in [0.5, 0.6) is 0 Å². The summed E-state index contributed by atoms with van der Waals surface area (Å²) in [5, 5.41) is 13.3. The molecule has 36 heavy (non-hydrogen) atoms. The molecule has 0 heterocycles. The number of hydrogen-bond acceptors (Lipinski definition) is 4. The fraction of sp³-hybridized carbons (Fsp3) is 0.964. The highest BCUT2D eigenvalue weighted by molar-refractivity contribution is 7.46. The number of nitrogens with one attached hydrogen (secondary N) is 1. The van der Waals surface area contributed by atoms with Crippen molar-refractivity contribution in [3.8, 4) is 0 Å². The van der Waals surface area contributed by atoms with E-state index in [-0.39, 0.29) is 5.91 Å². The SMILES string of the molecule is CCCCCCCCCCCCCCC[C@@H](O)[C@H](COP(=O)(O)O)NC(=O)CCCCCCCCC. The number of carbonyl (C=O) groups is 1. The van der Waals surface area contributed by atoms with Crippen LogP contribution < -0.4 is 5.32 Å². The lowest BCUT2D eigenvalue weighted by atomic mass is 10.0. The van der Waals surface area contributed by atoms with E-state index >= 15 is 0 Å². The molecule has 216 valence electrons. The van der Waals surface area contributed by atoms with Gasteiger partial charge in [-0.15, -0.1) is 0 Å². The molecule has 0 radical (unpaired) electrons. The predicted octanol–water partition coefficient (Wildman–Crippen LogP) is 7.56. The van der Waals surface area contributed by atoms with Crippen LogP contribution in [0, 0.1) is 0 Å². The summed E-state index contributed by atoms with van der Waals surface area (Å²) >= 11 is 0. The van der Waals surface area contributed by atoms with Crippen molar-refractivity contribution in [2.24, 2.45) is 0 Å². The highest BCUT2D eigenvalue weighted by Crippen LogP contribution is 2.36. The fourth-order valence-electron chi connectivity index (χ4n) is 4.52. The van der Waals surface area contributed by atoms with Crippen molar-refractivity contribution in [2.45, 2.75) is 167 Å². The van der Waals surface area contributed by atoms with Crippen LogP contribution in [-0.4, -0.2) is 39.6 Å². The Morgan fingerprint density at radius 2 is 1.08 bits per heavy atom. The van der Waals surface area contributed by atoms with Crippen LogP contribution >= 0.6 is 7.82 Å². The number of hydrogen-bond donors (Lipinski definition) is 4. The lowest BCUT2D eigenvalue weighted by Crippen LogP contribution is -2.46. The highest BCUT2D eigenvalue weighted by Gasteiger charge is 2.25. The zero-order valence-electron chi connectivity index (χ0n) is 23.4. The van der Waals surface area contributed by atoms with Crippen LogP contribution in [0.3, 0.4) is 0 Å². The van der Waals surface area contributed by atoms with Crippen molar-refractivity contribution in [1.29, 1.82) is 0 Å². The molecule has 7 nitrogen and oxygen atoms in total. The quantitative estimate of drug-likeness (QED) is 0.0637. The van der Waals surface area contributed by atoms with E-state index in [1.165, 1.54) is 89.9 Å². The number of rotatable bonds is 27. The number of phosphoric acid groups is 1. The van der Waals surface area contributed by atoms with Crippen molar-refractivity contribution in [1.82, 2.24) is 5.32 Å². The summed E-state index contributed by atoms with van der Waals surface area (Å²) in [4.78, 5) is 30.4. The number of amides is 1. The van der Waals surface area contributed by atoms with E-state index in [2.05, 4.69) is 23.7 Å². The molecule has 0 aromatic heterocycles. The minimum absolute atomic E-state index is 0.202. The third-order valence-electron chi connectivity index (χ3n) is 6.84. The van der Waals surface area contributed by atoms with E-state index < -0.39 is 26.6 Å². The molecular formula is C28H58NO6P. The van der Waals surface area contributed by atoms with E-state index in [1.807, 2.05) is 0 Å². The average Bonchev–Trinajstić information content (AvgIpc) is 2.83. The van der Waals surface area contributed by atoms with Crippen molar-refractivity contribution < 1.29 is 28.8 Å². The van der Waals surface area contributed by atoms with Gasteiger partial charge in [-0.25, -0.2) is 4.57 Å². The van der Waals surface area contributed by atoms with Crippen molar-refractivity contribution >= 4 is 13.7 Å². The average molecular weight is 536 g/mol. The summed E-state index contributed by atoms with van der Waals surface area (Å²) in [6.45, 7) is 4.03. The lowest BCUT2D eigenvalue weighted by Gasteiger charge is -2.24. The second kappa shape index (κ2) is 24.9. The smallest absolute Gasteiger partial charge is 0.391 e. The van der Waals surface area contributed by atoms with E-state index in [0.29, 0.717) is 12.8 Å². The second-order valence-corrected chi connectivity index (χ2v) is 11.7. The van der Waals surface area contributed by atoms with Crippen molar-refractivity contribution in [3.05, 3.63) is 0 Å². The Bertz CT molecular complexity index is 542. The Morgan fingerprint density at radius 3 is 1.50 bits per heavy atom. The standard InChI is InChI=1S/C28H58NO6P/c1-3-5-7-9-11-12-13-14-15-16-18-19-21-23-27(30)26(25-35-36(32,33)34)29-28(31)24-22-20-17-10-8-6-4-2/h26-27,30H,3-25H2,1-2H3,(H,29,31)(H2,32,33,34)/t26-,27+/m0/s1. The summed E-state index contributed by atoms with van der Waals surface area (Å²) < 4.78 is 15.7. The van der Waals surface area contributed by atoms with E-state index in [0.717, 1.165) is 38.5 Å². The third kappa shape index (κ3) is 25.2. The minimum atomic E-state index is -4.66. The van der Waals surface area contributed by atoms with Gasteiger partial charge >= 0.3 is 7.82 Å². The molecule has 2 atom stereocenters. The van der Waals surface area contributed by atoms with Gasteiger partial charge < -0.3 is 20.2 Å². The Balaban J connectivity index is 4.05. The van der Waals surface area contributed by atoms with Crippen LogP contribution in [0.1, 0.15) is 155 Å². The first-order valence-corrected chi connectivity index (χ1v) is 16.5. The van der Waals surface area contributed by atoms with Gasteiger partial charge in [0.1, 0.15) is 0 Å². The maximum absolute atomic E-state index is 12.3. The number of carbonyl (C=O) groups excluding carboxylic acids is 1. The number of unbranched alkanes of at least 4 members (excludes halogenated alkanes) is 18. The Hall–Kier alpha value is -0.460. The molecule has 0 aliphatic carbocycles. The molecule has 0 fully saturated rings. The number of aliphatic hydroxyl groups excluding tert-OH is 1. The van der Waals surface area contributed by atoms with E-state index in [1.54, 1.807) is 0 Å². The molecule has 0 aromatic carbocycles. The Kier molecular flexibility index (Phi) is 24.5. The van der Waals surface area contributed by atoms with E-state index in [4.69, 9.17) is 9.79 Å². The van der Waals surface area contributed by atoms with Gasteiger partial charge in [-0.1, -0.05) is 136 Å². The van der Waals surface area contributed by atoms with Gasteiger partial charge in [0.05, 0.1) is 18.8 Å². The molecule has 1 amide bonds. The summed E-state index contributed by atoms with van der Waals surface area (Å²) in [5.41, 5.74) is 0. The predicted molar refractivity (Wildman–Crippen MR) is 149 cm³/mol. The molecule has 4 N–H and O–H groups in total. The van der Waals surface area contributed by atoms with E-state index in [9.17, 15) is 14.5 Å². The molecule has 0 saturated heterocycles. The van der Waals surface area contributed by atoms with Crippen LogP contribution in [0.2, 0.25) is 0 Å². The van der Waals surface area contributed by atoms with Gasteiger partial charge in [0.2, 0.25) is 5.91 Å². The summed E-state index contributed by atoms with van der Waals surface area (Å²) in [6.07, 6.45) is 23.8. The summed E-state index contributed by atoms with van der Waals surface area (Å²) in [5.74, 6) is -0.202. The van der Waals surface area contributed by atoms with Crippen LogP contribution in [0.25, 0.3) is 0 Å². The fourth-order valence-corrected chi connectivity index (χ4v) is 4.88. The van der Waals surface area contributed by atoms with Crippen LogP contribution in [-0.2, 0) is 13.9 Å². The van der Waals surface area contributed by atoms with Crippen LogP contribution in [0.15, 0.2) is 0 Å². The van der Waals surface area contributed by atoms with Gasteiger partial charge in [0.25, 0.3) is 0 Å². The minimum Gasteiger partial charge on any atom is -0.391 e. The first-order chi connectivity index (χ1) is 17.3. The number of aliphatic hydroxyl groups is 1. The molecule has 0 saturated carbocycles. The zero-order valence-corrected chi connectivity index (χ0v) is 24.3. The molecule has 0 aliphatic rings. The molecule has 0 aliphatic heterocycles. The Morgan fingerprint density at radius 1 is 0.694 bits per heavy atom. The van der Waals surface area contributed by atoms with Gasteiger partial charge in [0, 0.05) is 6.42 Å². The van der Waals surface area contributed by atoms with Crippen molar-refractivity contribution in [2.75, 3.05) is 6.61 Å². The topological polar surface area (TPSA) is 116 Å². The molecule has 0 aromatic rings. The maximum Gasteiger partial charge on any atom is 0.469 e. The summed E-state index contributed by atoms with van der Waals surface area (Å²) in [7, 11) is -4.66. The lowest BCUT2D eigenvalue weighted by molar-refractivity contribution is -0.123. The monoisotopic (exact) mass is 535 g/mol. The van der Waals surface area contributed by atoms with Gasteiger partial charge in [-0.3, -0.25) is 9.32 Å². The normalized spacial score (nSPS) is 13.6. The molecule has 0 unspecified atom stereocenters. The largest absolute Gasteiger partial charge is 0.469 e. The van der Waals surface area contributed by atoms with Crippen LogP contribution in [0.4, 0.5) is 0 Å². The molecule has 0 spiro atoms. The zero-order chi connectivity index (χ0) is 26.9. The molecule has 0 rings (SSSR count). The third-order valence-corrected chi connectivity index (χ3v) is 7.33. The first kappa shape index (κ1) is 35.5. The second-order valence-electron chi connectivity index (χ2n) is 10.4.